The lowest BCUT2D eigenvalue weighted by atomic mass is 10.2. The predicted octanol–water partition coefficient (Wildman–Crippen LogP) is 3.05. The number of rotatable bonds is 6. The molecule has 0 bridgehead atoms. The van der Waals surface area contributed by atoms with Crippen molar-refractivity contribution in [2.45, 2.75) is 6.10 Å². The largest absolute Gasteiger partial charge is 0.491 e. The molecule has 1 aromatic heterocycles. The highest BCUT2D eigenvalue weighted by Gasteiger charge is 2.09. The Labute approximate surface area is 136 Å². The Balaban J connectivity index is 1.80. The third-order valence-electron chi connectivity index (χ3n) is 3.25. The van der Waals surface area contributed by atoms with Gasteiger partial charge in [0.2, 0.25) is 0 Å². The molecule has 0 aliphatic rings. The molecule has 0 fully saturated rings. The number of hydrogen-bond acceptors (Lipinski definition) is 7. The predicted molar refractivity (Wildman–Crippen MR) is 91.6 cm³/mol. The molecule has 0 aliphatic carbocycles. The molecule has 3 rings (SSSR count). The molecule has 0 amide bonds. The topological polar surface area (TPSA) is 97.8 Å². The number of thiazole rings is 1. The van der Waals surface area contributed by atoms with Crippen LogP contribution in [0.3, 0.4) is 0 Å². The molecule has 0 aliphatic heterocycles. The number of hydrogen-bond donors (Lipinski definition) is 2. The second-order valence-corrected chi connectivity index (χ2v) is 6.08. The fraction of sp³-hybridized carbons (Fsp3) is 0.188. The molecule has 118 valence electrons. The van der Waals surface area contributed by atoms with Crippen LogP contribution in [0, 0.1) is 4.91 Å². The summed E-state index contributed by atoms with van der Waals surface area (Å²) in [5.41, 5.74) is 8.30. The molecule has 23 heavy (non-hydrogen) atoms. The summed E-state index contributed by atoms with van der Waals surface area (Å²) in [4.78, 5) is 14.7. The number of nitrogen functional groups attached to an aromatic ring is 1. The van der Waals surface area contributed by atoms with Crippen molar-refractivity contribution < 1.29 is 9.84 Å². The summed E-state index contributed by atoms with van der Waals surface area (Å²) < 4.78 is 6.46. The normalized spacial score (nSPS) is 12.2. The van der Waals surface area contributed by atoms with Gasteiger partial charge in [-0.05, 0) is 42.5 Å². The van der Waals surface area contributed by atoms with Crippen molar-refractivity contribution in [3.05, 3.63) is 47.4 Å². The van der Waals surface area contributed by atoms with E-state index in [-0.39, 0.29) is 13.2 Å². The lowest BCUT2D eigenvalue weighted by Crippen LogP contribution is -2.20. The van der Waals surface area contributed by atoms with Crippen LogP contribution in [0.5, 0.6) is 5.75 Å². The van der Waals surface area contributed by atoms with E-state index in [1.54, 1.807) is 17.4 Å². The van der Waals surface area contributed by atoms with Crippen molar-refractivity contribution in [3.8, 4) is 16.3 Å². The number of aromatic nitrogens is 1. The van der Waals surface area contributed by atoms with Crippen LogP contribution >= 0.6 is 11.3 Å². The monoisotopic (exact) mass is 329 g/mol. The molecular formula is C16H15N3O3S. The summed E-state index contributed by atoms with van der Waals surface area (Å²) in [5.74, 6) is 0.620. The van der Waals surface area contributed by atoms with Gasteiger partial charge in [-0.1, -0.05) is 5.18 Å². The number of nitroso groups, excluding NO2 is 1. The highest BCUT2D eigenvalue weighted by molar-refractivity contribution is 7.21. The smallest absolute Gasteiger partial charge is 0.124 e. The van der Waals surface area contributed by atoms with E-state index in [1.165, 1.54) is 0 Å². The fourth-order valence-electron chi connectivity index (χ4n) is 2.08. The Morgan fingerprint density at radius 2 is 2.04 bits per heavy atom. The first-order chi connectivity index (χ1) is 11.2. The zero-order valence-electron chi connectivity index (χ0n) is 12.2. The molecular weight excluding hydrogens is 314 g/mol. The minimum atomic E-state index is -0.894. The highest BCUT2D eigenvalue weighted by atomic mass is 32.1. The Bertz CT molecular complexity index is 817. The third-order valence-corrected chi connectivity index (χ3v) is 4.31. The summed E-state index contributed by atoms with van der Waals surface area (Å²) in [5, 5.41) is 13.0. The van der Waals surface area contributed by atoms with Crippen LogP contribution in [0.15, 0.2) is 47.6 Å². The van der Waals surface area contributed by atoms with Gasteiger partial charge < -0.3 is 15.6 Å². The van der Waals surface area contributed by atoms with E-state index in [2.05, 4.69) is 10.2 Å². The lowest BCUT2D eigenvalue weighted by molar-refractivity contribution is 0.114. The van der Waals surface area contributed by atoms with Crippen LogP contribution in [-0.4, -0.2) is 29.3 Å². The van der Waals surface area contributed by atoms with Crippen molar-refractivity contribution in [2.75, 3.05) is 18.9 Å². The SMILES string of the molecule is Nc1ccc(-c2nc3ccc(OCC(O)CN=O)cc3s2)cc1. The molecule has 0 radical (unpaired) electrons. The Hall–Kier alpha value is -2.51. The van der Waals surface area contributed by atoms with Crippen LogP contribution in [-0.2, 0) is 0 Å². The van der Waals surface area contributed by atoms with Crippen LogP contribution in [0.4, 0.5) is 5.69 Å². The van der Waals surface area contributed by atoms with E-state index in [0.29, 0.717) is 11.4 Å². The number of nitrogens with zero attached hydrogens (tertiary/aromatic N) is 2. The summed E-state index contributed by atoms with van der Waals surface area (Å²) >= 11 is 1.55. The maximum Gasteiger partial charge on any atom is 0.124 e. The highest BCUT2D eigenvalue weighted by Crippen LogP contribution is 2.32. The van der Waals surface area contributed by atoms with Gasteiger partial charge in [0, 0.05) is 11.3 Å². The van der Waals surface area contributed by atoms with E-state index >= 15 is 0 Å². The van der Waals surface area contributed by atoms with E-state index in [9.17, 15) is 10.0 Å². The number of aliphatic hydroxyl groups excluding tert-OH is 1. The van der Waals surface area contributed by atoms with Gasteiger partial charge in [0.25, 0.3) is 0 Å². The van der Waals surface area contributed by atoms with E-state index in [4.69, 9.17) is 10.5 Å². The first-order valence-corrected chi connectivity index (χ1v) is 7.84. The van der Waals surface area contributed by atoms with Gasteiger partial charge in [0.15, 0.2) is 0 Å². The Morgan fingerprint density at radius 3 is 2.78 bits per heavy atom. The number of benzene rings is 2. The maximum absolute atomic E-state index is 10.1. The van der Waals surface area contributed by atoms with Crippen molar-refractivity contribution in [1.82, 2.24) is 4.98 Å². The van der Waals surface area contributed by atoms with Gasteiger partial charge in [-0.3, -0.25) is 0 Å². The first-order valence-electron chi connectivity index (χ1n) is 7.02. The number of anilines is 1. The molecule has 0 saturated heterocycles. The van der Waals surface area contributed by atoms with Gasteiger partial charge in [-0.2, -0.15) is 4.91 Å². The standard InChI is InChI=1S/C16H15N3O3S/c17-11-3-1-10(2-4-11)16-19-14-6-5-13(7-15(14)23-16)22-9-12(20)8-18-21/h1-7,12,20H,8-9,17H2. The van der Waals surface area contributed by atoms with Crippen molar-refractivity contribution >= 4 is 27.2 Å². The number of ether oxygens (including phenoxy) is 1. The molecule has 0 saturated carbocycles. The summed E-state index contributed by atoms with van der Waals surface area (Å²) in [6.45, 7) is -0.148. The molecule has 0 spiro atoms. The Morgan fingerprint density at radius 1 is 1.26 bits per heavy atom. The summed E-state index contributed by atoms with van der Waals surface area (Å²) in [6, 6.07) is 13.1. The van der Waals surface area contributed by atoms with Gasteiger partial charge >= 0.3 is 0 Å². The molecule has 6 nitrogen and oxygen atoms in total. The lowest BCUT2D eigenvalue weighted by Gasteiger charge is -2.08. The van der Waals surface area contributed by atoms with Gasteiger partial charge in [0.05, 0.1) is 10.2 Å². The average Bonchev–Trinajstić information content (AvgIpc) is 2.97. The quantitative estimate of drug-likeness (QED) is 0.535. The van der Waals surface area contributed by atoms with E-state index in [0.717, 1.165) is 20.8 Å². The van der Waals surface area contributed by atoms with Crippen LogP contribution in [0.25, 0.3) is 20.8 Å². The maximum atomic E-state index is 10.1. The summed E-state index contributed by atoms with van der Waals surface area (Å²) in [6.07, 6.45) is -0.894. The average molecular weight is 329 g/mol. The van der Waals surface area contributed by atoms with E-state index in [1.807, 2.05) is 36.4 Å². The summed E-state index contributed by atoms with van der Waals surface area (Å²) in [7, 11) is 0. The molecule has 3 aromatic rings. The minimum absolute atomic E-state index is 0.0286. The number of fused-ring (bicyclic) bond motifs is 1. The van der Waals surface area contributed by atoms with Crippen LogP contribution in [0.1, 0.15) is 0 Å². The molecule has 7 heteroatoms. The van der Waals surface area contributed by atoms with Crippen molar-refractivity contribution in [3.63, 3.8) is 0 Å². The van der Waals surface area contributed by atoms with Gasteiger partial charge in [-0.25, -0.2) is 4.98 Å². The zero-order chi connectivity index (χ0) is 16.2. The number of aliphatic hydroxyl groups is 1. The zero-order valence-corrected chi connectivity index (χ0v) is 13.0. The molecule has 1 heterocycles. The third kappa shape index (κ3) is 3.64. The molecule has 1 atom stereocenters. The molecule has 2 aromatic carbocycles. The number of nitrogens with two attached hydrogens (primary N) is 1. The molecule has 3 N–H and O–H groups in total. The second kappa shape index (κ2) is 6.72. The second-order valence-electron chi connectivity index (χ2n) is 5.05. The fourth-order valence-corrected chi connectivity index (χ4v) is 3.07. The first kappa shape index (κ1) is 15.4. The van der Waals surface area contributed by atoms with Gasteiger partial charge in [-0.15, -0.1) is 11.3 Å². The van der Waals surface area contributed by atoms with Crippen LogP contribution < -0.4 is 10.5 Å². The van der Waals surface area contributed by atoms with Crippen molar-refractivity contribution in [2.24, 2.45) is 5.18 Å². The molecule has 1 unspecified atom stereocenters. The Kier molecular flexibility index (Phi) is 4.50. The minimum Gasteiger partial charge on any atom is -0.491 e. The van der Waals surface area contributed by atoms with Crippen LogP contribution in [0.2, 0.25) is 0 Å². The van der Waals surface area contributed by atoms with Crippen molar-refractivity contribution in [1.29, 1.82) is 0 Å². The van der Waals surface area contributed by atoms with Gasteiger partial charge in [0.1, 0.15) is 30.0 Å². The van der Waals surface area contributed by atoms with E-state index < -0.39 is 6.10 Å².